The fourth-order valence-corrected chi connectivity index (χ4v) is 1.90. The molecule has 0 fully saturated rings. The van der Waals surface area contributed by atoms with Crippen LogP contribution in [0, 0.1) is 5.92 Å². The van der Waals surface area contributed by atoms with Gasteiger partial charge in [-0.1, -0.05) is 19.0 Å². The molecule has 0 saturated carbocycles. The molecule has 1 aromatic rings. The standard InChI is InChI=1S/C11H16N2O2/c1-3-10(14)12-11-8-6-7(2)4-5-9(8)13-15-11/h7H,3-6H2,1-2H3,(H,12,14)/t7-/m1/s1. The Morgan fingerprint density at radius 2 is 2.47 bits per heavy atom. The molecule has 0 spiro atoms. The maximum Gasteiger partial charge on any atom is 0.234 e. The molecular formula is C11H16N2O2. The van der Waals surface area contributed by atoms with Crippen molar-refractivity contribution in [3.05, 3.63) is 11.3 Å². The van der Waals surface area contributed by atoms with Gasteiger partial charge in [-0.15, -0.1) is 0 Å². The average Bonchev–Trinajstić information content (AvgIpc) is 2.61. The second-order valence-electron chi connectivity index (χ2n) is 4.19. The Hall–Kier alpha value is -1.32. The van der Waals surface area contributed by atoms with Crippen LogP contribution in [0.15, 0.2) is 4.52 Å². The molecule has 1 N–H and O–H groups in total. The molecule has 0 aromatic carbocycles. The summed E-state index contributed by atoms with van der Waals surface area (Å²) < 4.78 is 5.16. The molecule has 1 atom stereocenters. The Kier molecular flexibility index (Phi) is 2.75. The normalized spacial score (nSPS) is 19.7. The highest BCUT2D eigenvalue weighted by Gasteiger charge is 2.23. The number of rotatable bonds is 2. The molecule has 1 amide bonds. The van der Waals surface area contributed by atoms with Crippen molar-refractivity contribution in [3.8, 4) is 0 Å². The monoisotopic (exact) mass is 208 g/mol. The largest absolute Gasteiger partial charge is 0.338 e. The molecule has 82 valence electrons. The number of anilines is 1. The van der Waals surface area contributed by atoms with Gasteiger partial charge in [0, 0.05) is 12.0 Å². The number of amides is 1. The van der Waals surface area contributed by atoms with Crippen LogP contribution in [0.25, 0.3) is 0 Å². The molecule has 4 nitrogen and oxygen atoms in total. The van der Waals surface area contributed by atoms with E-state index in [0.29, 0.717) is 18.2 Å². The molecule has 0 radical (unpaired) electrons. The van der Waals surface area contributed by atoms with Crippen molar-refractivity contribution in [1.82, 2.24) is 5.16 Å². The van der Waals surface area contributed by atoms with Crippen LogP contribution in [0.4, 0.5) is 5.88 Å². The molecule has 15 heavy (non-hydrogen) atoms. The molecule has 1 aliphatic carbocycles. The Morgan fingerprint density at radius 1 is 1.67 bits per heavy atom. The van der Waals surface area contributed by atoms with Crippen LogP contribution in [-0.2, 0) is 17.6 Å². The minimum absolute atomic E-state index is 0.0211. The van der Waals surface area contributed by atoms with Crippen molar-refractivity contribution in [2.45, 2.75) is 39.5 Å². The fraction of sp³-hybridized carbons (Fsp3) is 0.636. The molecule has 0 unspecified atom stereocenters. The predicted molar refractivity (Wildman–Crippen MR) is 56.6 cm³/mol. The number of hydrogen-bond donors (Lipinski definition) is 1. The first kappa shape index (κ1) is 10.2. The van der Waals surface area contributed by atoms with Crippen LogP contribution in [0.3, 0.4) is 0 Å². The average molecular weight is 208 g/mol. The number of aromatic nitrogens is 1. The lowest BCUT2D eigenvalue weighted by Crippen LogP contribution is -2.14. The Labute approximate surface area is 89.0 Å². The lowest BCUT2D eigenvalue weighted by Gasteiger charge is -2.16. The number of hydrogen-bond acceptors (Lipinski definition) is 3. The highest BCUT2D eigenvalue weighted by molar-refractivity contribution is 5.89. The van der Waals surface area contributed by atoms with Crippen molar-refractivity contribution in [2.75, 3.05) is 5.32 Å². The third-order valence-corrected chi connectivity index (χ3v) is 2.87. The quantitative estimate of drug-likeness (QED) is 0.810. The number of carbonyl (C=O) groups is 1. The van der Waals surface area contributed by atoms with Crippen molar-refractivity contribution in [1.29, 1.82) is 0 Å². The van der Waals surface area contributed by atoms with Crippen LogP contribution in [0.5, 0.6) is 0 Å². The third kappa shape index (κ3) is 2.03. The van der Waals surface area contributed by atoms with Crippen molar-refractivity contribution >= 4 is 11.8 Å². The molecule has 4 heteroatoms. The lowest BCUT2D eigenvalue weighted by molar-refractivity contribution is -0.116. The summed E-state index contributed by atoms with van der Waals surface area (Å²) in [6.45, 7) is 4.03. The molecule has 2 rings (SSSR count). The van der Waals surface area contributed by atoms with Gasteiger partial charge in [0.1, 0.15) is 0 Å². The second-order valence-corrected chi connectivity index (χ2v) is 4.19. The van der Waals surface area contributed by atoms with Crippen LogP contribution in [0.1, 0.15) is 37.9 Å². The van der Waals surface area contributed by atoms with Crippen molar-refractivity contribution < 1.29 is 9.32 Å². The van der Waals surface area contributed by atoms with E-state index in [1.807, 2.05) is 6.92 Å². The topological polar surface area (TPSA) is 55.1 Å². The molecule has 0 bridgehead atoms. The zero-order valence-electron chi connectivity index (χ0n) is 9.17. The minimum Gasteiger partial charge on any atom is -0.338 e. The van der Waals surface area contributed by atoms with Gasteiger partial charge < -0.3 is 4.52 Å². The molecule has 1 heterocycles. The SMILES string of the molecule is CCC(=O)Nc1onc2c1C[C@H](C)CC2. The van der Waals surface area contributed by atoms with Gasteiger partial charge in [-0.05, 0) is 25.2 Å². The van der Waals surface area contributed by atoms with Gasteiger partial charge in [-0.3, -0.25) is 10.1 Å². The van der Waals surface area contributed by atoms with E-state index < -0.39 is 0 Å². The first-order valence-corrected chi connectivity index (χ1v) is 5.48. The zero-order valence-corrected chi connectivity index (χ0v) is 9.17. The maximum absolute atomic E-state index is 11.2. The predicted octanol–water partition coefficient (Wildman–Crippen LogP) is 2.15. The van der Waals surface area contributed by atoms with E-state index in [-0.39, 0.29) is 5.91 Å². The third-order valence-electron chi connectivity index (χ3n) is 2.87. The summed E-state index contributed by atoms with van der Waals surface area (Å²) in [5.74, 6) is 1.18. The molecule has 1 aromatic heterocycles. The second kappa shape index (κ2) is 4.04. The molecule has 0 saturated heterocycles. The van der Waals surface area contributed by atoms with Crippen LogP contribution < -0.4 is 5.32 Å². The highest BCUT2D eigenvalue weighted by Crippen LogP contribution is 2.30. The first-order chi connectivity index (χ1) is 7.20. The van der Waals surface area contributed by atoms with E-state index in [0.717, 1.165) is 30.5 Å². The van der Waals surface area contributed by atoms with Gasteiger partial charge >= 0.3 is 0 Å². The van der Waals surface area contributed by atoms with Gasteiger partial charge in [0.25, 0.3) is 0 Å². The Bertz CT molecular complexity index is 371. The number of nitrogens with zero attached hydrogens (tertiary/aromatic N) is 1. The Morgan fingerprint density at radius 3 is 3.20 bits per heavy atom. The highest BCUT2D eigenvalue weighted by atomic mass is 16.5. The number of fused-ring (bicyclic) bond motifs is 1. The summed E-state index contributed by atoms with van der Waals surface area (Å²) in [7, 11) is 0. The van der Waals surface area contributed by atoms with Crippen LogP contribution >= 0.6 is 0 Å². The summed E-state index contributed by atoms with van der Waals surface area (Å²) >= 11 is 0. The van der Waals surface area contributed by atoms with E-state index in [1.54, 1.807) is 0 Å². The smallest absolute Gasteiger partial charge is 0.234 e. The summed E-state index contributed by atoms with van der Waals surface area (Å²) in [6, 6.07) is 0. The van der Waals surface area contributed by atoms with Crippen molar-refractivity contribution in [2.24, 2.45) is 5.92 Å². The van der Waals surface area contributed by atoms with E-state index in [2.05, 4.69) is 17.4 Å². The summed E-state index contributed by atoms with van der Waals surface area (Å²) in [5, 5.41) is 6.74. The van der Waals surface area contributed by atoms with Crippen LogP contribution in [0.2, 0.25) is 0 Å². The summed E-state index contributed by atoms with van der Waals surface area (Å²) in [5.41, 5.74) is 2.11. The van der Waals surface area contributed by atoms with Crippen molar-refractivity contribution in [3.63, 3.8) is 0 Å². The molecular weight excluding hydrogens is 192 g/mol. The van der Waals surface area contributed by atoms with E-state index >= 15 is 0 Å². The number of nitrogens with one attached hydrogen (secondary N) is 1. The summed E-state index contributed by atoms with van der Waals surface area (Å²) in [6.07, 6.45) is 3.53. The van der Waals surface area contributed by atoms with Gasteiger partial charge in [-0.25, -0.2) is 0 Å². The Balaban J connectivity index is 2.19. The van der Waals surface area contributed by atoms with E-state index in [1.165, 1.54) is 0 Å². The number of aryl methyl sites for hydroxylation is 1. The maximum atomic E-state index is 11.2. The van der Waals surface area contributed by atoms with Gasteiger partial charge in [0.15, 0.2) is 0 Å². The summed E-state index contributed by atoms with van der Waals surface area (Å²) in [4.78, 5) is 11.2. The van der Waals surface area contributed by atoms with E-state index in [9.17, 15) is 4.79 Å². The van der Waals surface area contributed by atoms with Gasteiger partial charge in [-0.2, -0.15) is 0 Å². The molecule has 0 aliphatic heterocycles. The minimum atomic E-state index is -0.0211. The zero-order chi connectivity index (χ0) is 10.8. The fourth-order valence-electron chi connectivity index (χ4n) is 1.90. The lowest BCUT2D eigenvalue weighted by atomic mass is 9.89. The molecule has 1 aliphatic rings. The van der Waals surface area contributed by atoms with E-state index in [4.69, 9.17) is 4.52 Å². The van der Waals surface area contributed by atoms with Crippen LogP contribution in [-0.4, -0.2) is 11.1 Å². The van der Waals surface area contributed by atoms with Gasteiger partial charge in [0.05, 0.1) is 5.69 Å². The number of carbonyl (C=O) groups excluding carboxylic acids is 1. The first-order valence-electron chi connectivity index (χ1n) is 5.48. The van der Waals surface area contributed by atoms with Gasteiger partial charge in [0.2, 0.25) is 11.8 Å².